The highest BCUT2D eigenvalue weighted by molar-refractivity contribution is 6.08. The van der Waals surface area contributed by atoms with Crippen LogP contribution in [0.4, 0.5) is 0 Å². The third kappa shape index (κ3) is 4.29. The largest absolute Gasteiger partial charge is 0.468 e. The molecule has 1 fully saturated rings. The van der Waals surface area contributed by atoms with Crippen LogP contribution in [0.1, 0.15) is 61.3 Å². The molecule has 2 aromatic heterocycles. The molecule has 0 saturated heterocycles. The lowest BCUT2D eigenvalue weighted by atomic mass is 10.1. The molecule has 1 aliphatic carbocycles. The maximum absolute atomic E-state index is 13.5. The highest BCUT2D eigenvalue weighted by Gasteiger charge is 2.32. The molecule has 0 N–H and O–H groups in total. The Morgan fingerprint density at radius 1 is 1.13 bits per heavy atom. The van der Waals surface area contributed by atoms with E-state index in [0.29, 0.717) is 28.2 Å². The quantitative estimate of drug-likeness (QED) is 0.665. The van der Waals surface area contributed by atoms with Gasteiger partial charge in [-0.3, -0.25) is 14.4 Å². The predicted molar refractivity (Wildman–Crippen MR) is 109 cm³/mol. The fraction of sp³-hybridized carbons (Fsp3) is 0.571. The van der Waals surface area contributed by atoms with Crippen molar-refractivity contribution in [2.24, 2.45) is 0 Å². The standard InChI is InChI=1S/C21H28N4O5/c1-12-18-14(20(28)24(10-16(26)29-5)11-17(27)30-6)9-15(13-7-8-13)22-19(18)25(23-12)21(2,3)4/h9,13H,7-8,10-11H2,1-6H3. The van der Waals surface area contributed by atoms with Gasteiger partial charge in [0.25, 0.3) is 5.91 Å². The molecule has 2 aromatic rings. The topological polar surface area (TPSA) is 104 Å². The summed E-state index contributed by atoms with van der Waals surface area (Å²) in [4.78, 5) is 43.2. The Labute approximate surface area is 175 Å². The van der Waals surface area contributed by atoms with Gasteiger partial charge in [0.2, 0.25) is 0 Å². The second kappa shape index (κ2) is 8.04. The van der Waals surface area contributed by atoms with E-state index in [1.54, 1.807) is 6.07 Å². The molecule has 0 radical (unpaired) electrons. The molecule has 30 heavy (non-hydrogen) atoms. The minimum atomic E-state index is -0.623. The number of rotatable bonds is 6. The van der Waals surface area contributed by atoms with Crippen LogP contribution in [0.3, 0.4) is 0 Å². The molecular formula is C21H28N4O5. The Hall–Kier alpha value is -2.97. The van der Waals surface area contributed by atoms with Gasteiger partial charge >= 0.3 is 11.9 Å². The number of nitrogens with zero attached hydrogens (tertiary/aromatic N) is 4. The number of aryl methyl sites for hydroxylation is 1. The van der Waals surface area contributed by atoms with Gasteiger partial charge in [0.05, 0.1) is 36.4 Å². The highest BCUT2D eigenvalue weighted by Crippen LogP contribution is 2.41. The van der Waals surface area contributed by atoms with Crippen LogP contribution in [0.2, 0.25) is 0 Å². The first-order valence-electron chi connectivity index (χ1n) is 9.90. The number of pyridine rings is 1. The SMILES string of the molecule is COC(=O)CN(CC(=O)OC)C(=O)c1cc(C2CC2)nc2c1c(C)nn2C(C)(C)C. The fourth-order valence-electron chi connectivity index (χ4n) is 3.34. The number of amides is 1. The van der Waals surface area contributed by atoms with Gasteiger partial charge < -0.3 is 14.4 Å². The van der Waals surface area contributed by atoms with Crippen molar-refractivity contribution in [1.82, 2.24) is 19.7 Å². The summed E-state index contributed by atoms with van der Waals surface area (Å²) in [7, 11) is 2.47. The zero-order valence-corrected chi connectivity index (χ0v) is 18.3. The molecule has 0 unspecified atom stereocenters. The Bertz CT molecular complexity index is 983. The zero-order chi connectivity index (χ0) is 22.2. The van der Waals surface area contributed by atoms with Gasteiger partial charge in [-0.2, -0.15) is 5.10 Å². The molecule has 1 amide bonds. The van der Waals surface area contributed by atoms with Crippen LogP contribution in [0.15, 0.2) is 6.07 Å². The molecule has 3 rings (SSSR count). The van der Waals surface area contributed by atoms with Gasteiger partial charge in [0.1, 0.15) is 13.1 Å². The van der Waals surface area contributed by atoms with Crippen molar-refractivity contribution in [2.75, 3.05) is 27.3 Å². The summed E-state index contributed by atoms with van der Waals surface area (Å²) in [6.07, 6.45) is 2.03. The van der Waals surface area contributed by atoms with Gasteiger partial charge in [-0.1, -0.05) is 0 Å². The third-order valence-corrected chi connectivity index (χ3v) is 5.08. The van der Waals surface area contributed by atoms with Gasteiger partial charge in [-0.15, -0.1) is 0 Å². The van der Waals surface area contributed by atoms with Gasteiger partial charge in [-0.05, 0) is 46.6 Å². The normalized spacial score (nSPS) is 13.9. The molecule has 9 heteroatoms. The van der Waals surface area contributed by atoms with E-state index in [1.165, 1.54) is 14.2 Å². The van der Waals surface area contributed by atoms with Crippen molar-refractivity contribution in [3.05, 3.63) is 23.0 Å². The first-order chi connectivity index (χ1) is 14.1. The summed E-state index contributed by atoms with van der Waals surface area (Å²) in [5.41, 5.74) is 2.16. The Balaban J connectivity index is 2.16. The molecule has 0 bridgehead atoms. The lowest BCUT2D eigenvalue weighted by molar-refractivity contribution is -0.144. The molecule has 2 heterocycles. The Kier molecular flexibility index (Phi) is 5.83. The zero-order valence-electron chi connectivity index (χ0n) is 18.3. The van der Waals surface area contributed by atoms with Crippen molar-refractivity contribution >= 4 is 28.9 Å². The van der Waals surface area contributed by atoms with E-state index in [-0.39, 0.29) is 18.6 Å². The summed E-state index contributed by atoms with van der Waals surface area (Å²) in [5.74, 6) is -1.40. The van der Waals surface area contributed by atoms with Crippen LogP contribution in [0, 0.1) is 6.92 Å². The number of esters is 2. The lowest BCUT2D eigenvalue weighted by Crippen LogP contribution is -2.40. The summed E-state index contributed by atoms with van der Waals surface area (Å²) in [6.45, 7) is 7.16. The number of methoxy groups -OCH3 is 2. The first-order valence-corrected chi connectivity index (χ1v) is 9.90. The van der Waals surface area contributed by atoms with E-state index in [0.717, 1.165) is 23.4 Å². The van der Waals surface area contributed by atoms with E-state index in [4.69, 9.17) is 14.5 Å². The average Bonchev–Trinajstić information content (AvgIpc) is 3.48. The summed E-state index contributed by atoms with van der Waals surface area (Å²) < 4.78 is 11.2. The summed E-state index contributed by atoms with van der Waals surface area (Å²) in [6, 6.07) is 1.77. The second-order valence-electron chi connectivity index (χ2n) is 8.55. The van der Waals surface area contributed by atoms with Crippen LogP contribution < -0.4 is 0 Å². The number of carbonyl (C=O) groups is 3. The number of aromatic nitrogens is 3. The van der Waals surface area contributed by atoms with Crippen LogP contribution >= 0.6 is 0 Å². The minimum absolute atomic E-state index is 0.305. The van der Waals surface area contributed by atoms with Crippen LogP contribution in [-0.4, -0.2) is 64.8 Å². The maximum Gasteiger partial charge on any atom is 0.325 e. The van der Waals surface area contributed by atoms with E-state index < -0.39 is 17.8 Å². The molecule has 1 saturated carbocycles. The average molecular weight is 416 g/mol. The van der Waals surface area contributed by atoms with Crippen molar-refractivity contribution in [1.29, 1.82) is 0 Å². The smallest absolute Gasteiger partial charge is 0.325 e. The van der Waals surface area contributed by atoms with Crippen molar-refractivity contribution in [3.8, 4) is 0 Å². The van der Waals surface area contributed by atoms with E-state index in [9.17, 15) is 14.4 Å². The Morgan fingerprint density at radius 2 is 1.70 bits per heavy atom. The second-order valence-corrected chi connectivity index (χ2v) is 8.55. The molecule has 0 atom stereocenters. The number of carbonyl (C=O) groups excluding carboxylic acids is 3. The van der Waals surface area contributed by atoms with Crippen LogP contribution in [-0.2, 0) is 24.6 Å². The van der Waals surface area contributed by atoms with E-state index in [2.05, 4.69) is 5.10 Å². The molecule has 0 spiro atoms. The number of hydrogen-bond acceptors (Lipinski definition) is 7. The minimum Gasteiger partial charge on any atom is -0.468 e. The summed E-state index contributed by atoms with van der Waals surface area (Å²) >= 11 is 0. The maximum atomic E-state index is 13.5. The van der Waals surface area contributed by atoms with Gasteiger partial charge in [0.15, 0.2) is 5.65 Å². The van der Waals surface area contributed by atoms with Crippen LogP contribution in [0.5, 0.6) is 0 Å². The van der Waals surface area contributed by atoms with Gasteiger partial charge in [-0.25, -0.2) is 9.67 Å². The number of hydrogen-bond donors (Lipinski definition) is 0. The van der Waals surface area contributed by atoms with E-state index >= 15 is 0 Å². The lowest BCUT2D eigenvalue weighted by Gasteiger charge is -2.22. The van der Waals surface area contributed by atoms with Crippen LogP contribution in [0.25, 0.3) is 11.0 Å². The fourth-order valence-corrected chi connectivity index (χ4v) is 3.34. The van der Waals surface area contributed by atoms with Crippen molar-refractivity contribution in [2.45, 2.75) is 52.0 Å². The molecule has 0 aromatic carbocycles. The molecule has 9 nitrogen and oxygen atoms in total. The monoisotopic (exact) mass is 416 g/mol. The Morgan fingerprint density at radius 3 is 2.17 bits per heavy atom. The van der Waals surface area contributed by atoms with Crippen molar-refractivity contribution < 1.29 is 23.9 Å². The molecule has 162 valence electrons. The highest BCUT2D eigenvalue weighted by atomic mass is 16.5. The molecular weight excluding hydrogens is 388 g/mol. The molecule has 0 aliphatic heterocycles. The number of fused-ring (bicyclic) bond motifs is 1. The first kappa shape index (κ1) is 21.7. The van der Waals surface area contributed by atoms with Crippen molar-refractivity contribution in [3.63, 3.8) is 0 Å². The number of ether oxygens (including phenoxy) is 2. The summed E-state index contributed by atoms with van der Waals surface area (Å²) in [5, 5.41) is 5.26. The molecule has 1 aliphatic rings. The third-order valence-electron chi connectivity index (χ3n) is 5.08. The van der Waals surface area contributed by atoms with Gasteiger partial charge in [0, 0.05) is 11.6 Å². The van der Waals surface area contributed by atoms with E-state index in [1.807, 2.05) is 32.4 Å². The predicted octanol–water partition coefficient (Wildman–Crippen LogP) is 2.16.